The highest BCUT2D eigenvalue weighted by molar-refractivity contribution is 6.30. The Kier molecular flexibility index (Phi) is 6.30. The Morgan fingerprint density at radius 2 is 2.09 bits per heavy atom. The molecular weight excluding hydrogens is 298 g/mol. The van der Waals surface area contributed by atoms with E-state index >= 15 is 0 Å². The Balaban J connectivity index is 2.03. The SMILES string of the molecule is C/C=C\N(CC)C[C@@]1(CCc2ccc(Cl)cc2)OC[C@@H](C)O1. The van der Waals surface area contributed by atoms with Crippen LogP contribution >= 0.6 is 11.6 Å². The number of hydrogen-bond donors (Lipinski definition) is 0. The lowest BCUT2D eigenvalue weighted by Gasteiger charge is -2.33. The largest absolute Gasteiger partial charge is 0.373 e. The van der Waals surface area contributed by atoms with Gasteiger partial charge in [0.05, 0.1) is 19.3 Å². The van der Waals surface area contributed by atoms with Gasteiger partial charge in [-0.15, -0.1) is 0 Å². The van der Waals surface area contributed by atoms with Crippen molar-refractivity contribution in [2.24, 2.45) is 0 Å². The fraction of sp³-hybridized carbons (Fsp3) is 0.556. The van der Waals surface area contributed by atoms with Crippen LogP contribution < -0.4 is 0 Å². The van der Waals surface area contributed by atoms with Crippen molar-refractivity contribution in [3.05, 3.63) is 47.1 Å². The van der Waals surface area contributed by atoms with Crippen molar-refractivity contribution in [3.8, 4) is 0 Å². The van der Waals surface area contributed by atoms with Gasteiger partial charge in [-0.3, -0.25) is 0 Å². The molecule has 0 N–H and O–H groups in total. The van der Waals surface area contributed by atoms with Crippen molar-refractivity contribution in [2.45, 2.75) is 45.5 Å². The van der Waals surface area contributed by atoms with Crippen LogP contribution in [-0.4, -0.2) is 36.5 Å². The second-order valence-corrected chi connectivity index (χ2v) is 6.26. The third-order valence-corrected chi connectivity index (χ3v) is 4.17. The minimum atomic E-state index is -0.519. The predicted molar refractivity (Wildman–Crippen MR) is 91.1 cm³/mol. The van der Waals surface area contributed by atoms with Crippen LogP contribution in [0.25, 0.3) is 0 Å². The summed E-state index contributed by atoms with van der Waals surface area (Å²) in [6.45, 7) is 8.59. The normalized spacial score (nSPS) is 25.0. The van der Waals surface area contributed by atoms with Gasteiger partial charge in [-0.25, -0.2) is 0 Å². The zero-order valence-electron chi connectivity index (χ0n) is 13.7. The predicted octanol–water partition coefficient (Wildman–Crippen LogP) is 4.26. The van der Waals surface area contributed by atoms with E-state index in [2.05, 4.69) is 43.2 Å². The molecule has 0 bridgehead atoms. The number of allylic oxidation sites excluding steroid dienone is 1. The molecule has 1 aromatic rings. The topological polar surface area (TPSA) is 21.7 Å². The summed E-state index contributed by atoms with van der Waals surface area (Å²) in [6.07, 6.45) is 6.05. The second kappa shape index (κ2) is 8.00. The lowest BCUT2D eigenvalue weighted by molar-refractivity contribution is -0.179. The fourth-order valence-electron chi connectivity index (χ4n) is 2.77. The Bertz CT molecular complexity index is 488. The van der Waals surface area contributed by atoms with Crippen LogP contribution in [-0.2, 0) is 15.9 Å². The molecule has 1 aliphatic rings. The van der Waals surface area contributed by atoms with Crippen LogP contribution in [0.15, 0.2) is 36.5 Å². The van der Waals surface area contributed by atoms with Gasteiger partial charge < -0.3 is 14.4 Å². The molecule has 0 radical (unpaired) electrons. The van der Waals surface area contributed by atoms with E-state index in [4.69, 9.17) is 21.1 Å². The molecule has 0 aromatic heterocycles. The molecule has 0 amide bonds. The van der Waals surface area contributed by atoms with Gasteiger partial charge in [0.1, 0.15) is 0 Å². The maximum absolute atomic E-state index is 6.15. The molecule has 0 spiro atoms. The molecule has 1 saturated heterocycles. The average Bonchev–Trinajstić information content (AvgIpc) is 2.88. The number of hydrogen-bond acceptors (Lipinski definition) is 3. The maximum atomic E-state index is 6.15. The van der Waals surface area contributed by atoms with E-state index in [1.807, 2.05) is 19.1 Å². The monoisotopic (exact) mass is 323 g/mol. The third kappa shape index (κ3) is 4.73. The fourth-order valence-corrected chi connectivity index (χ4v) is 2.90. The number of benzene rings is 1. The molecule has 2 atom stereocenters. The first-order valence-electron chi connectivity index (χ1n) is 8.00. The van der Waals surface area contributed by atoms with Crippen molar-refractivity contribution in [1.29, 1.82) is 0 Å². The summed E-state index contributed by atoms with van der Waals surface area (Å²) in [4.78, 5) is 2.24. The first-order chi connectivity index (χ1) is 10.6. The van der Waals surface area contributed by atoms with E-state index in [-0.39, 0.29) is 6.10 Å². The molecule has 0 aliphatic carbocycles. The molecule has 0 saturated carbocycles. The number of likely N-dealkylation sites (N-methyl/N-ethyl adjacent to an activating group) is 1. The lowest BCUT2D eigenvalue weighted by atomic mass is 10.0. The quantitative estimate of drug-likeness (QED) is 0.748. The standard InChI is InChI=1S/C18H26ClNO2/c1-4-12-20(5-2)14-18(21-13-15(3)22-18)11-10-16-6-8-17(19)9-7-16/h4,6-9,12,15H,5,10-11,13-14H2,1-3H3/b12-4-/t15-,18+/m1/s1. The zero-order valence-corrected chi connectivity index (χ0v) is 14.5. The highest BCUT2D eigenvalue weighted by Crippen LogP contribution is 2.30. The van der Waals surface area contributed by atoms with Crippen LogP contribution in [0.4, 0.5) is 0 Å². The van der Waals surface area contributed by atoms with Crippen LogP contribution in [0.1, 0.15) is 32.8 Å². The highest BCUT2D eigenvalue weighted by Gasteiger charge is 2.40. The first kappa shape index (κ1) is 17.3. The van der Waals surface area contributed by atoms with Crippen molar-refractivity contribution in [2.75, 3.05) is 19.7 Å². The summed E-state index contributed by atoms with van der Waals surface area (Å²) in [5, 5.41) is 0.769. The summed E-state index contributed by atoms with van der Waals surface area (Å²) < 4.78 is 12.2. The van der Waals surface area contributed by atoms with Crippen molar-refractivity contribution in [1.82, 2.24) is 4.90 Å². The number of aryl methyl sites for hydroxylation is 1. The van der Waals surface area contributed by atoms with E-state index in [0.717, 1.165) is 31.0 Å². The number of nitrogens with zero attached hydrogens (tertiary/aromatic N) is 1. The van der Waals surface area contributed by atoms with E-state index < -0.39 is 5.79 Å². The smallest absolute Gasteiger partial charge is 0.186 e. The van der Waals surface area contributed by atoms with Gasteiger partial charge in [-0.2, -0.15) is 0 Å². The second-order valence-electron chi connectivity index (χ2n) is 5.82. The Hall–Kier alpha value is -1.03. The van der Waals surface area contributed by atoms with Crippen molar-refractivity contribution >= 4 is 11.6 Å². The Labute approximate surface area is 138 Å². The first-order valence-corrected chi connectivity index (χ1v) is 8.38. The minimum Gasteiger partial charge on any atom is -0.373 e. The van der Waals surface area contributed by atoms with Crippen LogP contribution in [0.2, 0.25) is 5.02 Å². The van der Waals surface area contributed by atoms with Gasteiger partial charge in [-0.1, -0.05) is 29.8 Å². The molecule has 0 unspecified atom stereocenters. The average molecular weight is 324 g/mol. The molecule has 2 rings (SSSR count). The highest BCUT2D eigenvalue weighted by atomic mass is 35.5. The van der Waals surface area contributed by atoms with Gasteiger partial charge >= 0.3 is 0 Å². The van der Waals surface area contributed by atoms with Gasteiger partial charge in [-0.05, 0) is 51.1 Å². The Morgan fingerprint density at radius 3 is 2.64 bits per heavy atom. The lowest BCUT2D eigenvalue weighted by Crippen LogP contribution is -2.43. The molecule has 1 aliphatic heterocycles. The van der Waals surface area contributed by atoms with E-state index in [0.29, 0.717) is 6.61 Å². The van der Waals surface area contributed by atoms with Gasteiger partial charge in [0, 0.05) is 18.0 Å². The van der Waals surface area contributed by atoms with Crippen molar-refractivity contribution in [3.63, 3.8) is 0 Å². The van der Waals surface area contributed by atoms with Gasteiger partial charge in [0.15, 0.2) is 5.79 Å². The summed E-state index contributed by atoms with van der Waals surface area (Å²) in [5.41, 5.74) is 1.25. The molecular formula is C18H26ClNO2. The number of halogens is 1. The van der Waals surface area contributed by atoms with E-state index in [1.165, 1.54) is 5.56 Å². The number of ether oxygens (including phenoxy) is 2. The van der Waals surface area contributed by atoms with Gasteiger partial charge in [0.2, 0.25) is 0 Å². The van der Waals surface area contributed by atoms with E-state index in [9.17, 15) is 0 Å². The molecule has 1 fully saturated rings. The molecule has 22 heavy (non-hydrogen) atoms. The summed E-state index contributed by atoms with van der Waals surface area (Å²) in [6, 6.07) is 8.00. The summed E-state index contributed by atoms with van der Waals surface area (Å²) >= 11 is 5.94. The summed E-state index contributed by atoms with van der Waals surface area (Å²) in [7, 11) is 0. The molecule has 122 valence electrons. The third-order valence-electron chi connectivity index (χ3n) is 3.91. The maximum Gasteiger partial charge on any atom is 0.186 e. The molecule has 1 heterocycles. The zero-order chi connectivity index (χ0) is 16.0. The van der Waals surface area contributed by atoms with E-state index in [1.54, 1.807) is 0 Å². The molecule has 1 aromatic carbocycles. The van der Waals surface area contributed by atoms with Crippen LogP contribution in [0.3, 0.4) is 0 Å². The van der Waals surface area contributed by atoms with Crippen molar-refractivity contribution < 1.29 is 9.47 Å². The summed E-state index contributed by atoms with van der Waals surface area (Å²) in [5.74, 6) is -0.519. The minimum absolute atomic E-state index is 0.148. The number of rotatable bonds is 7. The molecule has 3 nitrogen and oxygen atoms in total. The van der Waals surface area contributed by atoms with Gasteiger partial charge in [0.25, 0.3) is 0 Å². The van der Waals surface area contributed by atoms with Crippen LogP contribution in [0.5, 0.6) is 0 Å². The molecule has 4 heteroatoms. The van der Waals surface area contributed by atoms with Crippen LogP contribution in [0, 0.1) is 0 Å². The Morgan fingerprint density at radius 1 is 1.36 bits per heavy atom.